The quantitative estimate of drug-likeness (QED) is 0.415. The van der Waals surface area contributed by atoms with E-state index in [-0.39, 0.29) is 5.78 Å². The van der Waals surface area contributed by atoms with Gasteiger partial charge < -0.3 is 23.7 Å². The van der Waals surface area contributed by atoms with Crippen molar-refractivity contribution in [3.05, 3.63) is 41.5 Å². The first kappa shape index (κ1) is 21.9. The Hall–Kier alpha value is -2.80. The molecule has 2 aromatic carbocycles. The molecule has 0 saturated carbocycles. The van der Waals surface area contributed by atoms with Crippen LogP contribution in [0.1, 0.15) is 29.3 Å². The second kappa shape index (κ2) is 10.3. The Kier molecular flexibility index (Phi) is 7.52. The van der Waals surface area contributed by atoms with Crippen molar-refractivity contribution >= 4 is 23.6 Å². The van der Waals surface area contributed by atoms with Crippen LogP contribution in [0.25, 0.3) is 6.08 Å². The molecule has 6 nitrogen and oxygen atoms in total. The predicted molar refractivity (Wildman–Crippen MR) is 118 cm³/mol. The van der Waals surface area contributed by atoms with Gasteiger partial charge in [0.05, 0.1) is 50.6 Å². The third-order valence-corrected chi connectivity index (χ3v) is 5.53. The Bertz CT molecular complexity index is 913. The van der Waals surface area contributed by atoms with Crippen molar-refractivity contribution in [1.29, 1.82) is 0 Å². The number of methoxy groups -OCH3 is 3. The van der Waals surface area contributed by atoms with Crippen LogP contribution >= 0.6 is 11.8 Å². The molecule has 0 amide bonds. The van der Waals surface area contributed by atoms with Crippen molar-refractivity contribution in [2.75, 3.05) is 40.3 Å². The zero-order valence-electron chi connectivity index (χ0n) is 17.7. The average Bonchev–Trinajstić information content (AvgIpc) is 2.79. The summed E-state index contributed by atoms with van der Waals surface area (Å²) in [4.78, 5) is 14.1. The van der Waals surface area contributed by atoms with Gasteiger partial charge in [0.2, 0.25) is 0 Å². The Morgan fingerprint density at radius 1 is 1.07 bits per heavy atom. The third kappa shape index (κ3) is 4.84. The summed E-state index contributed by atoms with van der Waals surface area (Å²) < 4.78 is 27.8. The van der Waals surface area contributed by atoms with Gasteiger partial charge in [-0.2, -0.15) is 0 Å². The monoisotopic (exact) mass is 430 g/mol. The number of benzene rings is 2. The highest BCUT2D eigenvalue weighted by atomic mass is 32.2. The molecule has 30 heavy (non-hydrogen) atoms. The van der Waals surface area contributed by atoms with Gasteiger partial charge in [-0.1, -0.05) is 6.92 Å². The number of hydrogen-bond acceptors (Lipinski definition) is 7. The van der Waals surface area contributed by atoms with Crippen molar-refractivity contribution < 1.29 is 28.5 Å². The van der Waals surface area contributed by atoms with E-state index >= 15 is 0 Å². The van der Waals surface area contributed by atoms with Crippen LogP contribution in [0.5, 0.6) is 28.7 Å². The molecular weight excluding hydrogens is 404 g/mol. The molecule has 0 saturated heterocycles. The normalized spacial score (nSPS) is 12.8. The molecule has 0 aliphatic carbocycles. The van der Waals surface area contributed by atoms with E-state index in [9.17, 15) is 4.79 Å². The number of fused-ring (bicyclic) bond motifs is 1. The molecule has 0 radical (unpaired) electrons. The first-order chi connectivity index (χ1) is 14.6. The first-order valence-corrected chi connectivity index (χ1v) is 10.7. The van der Waals surface area contributed by atoms with Gasteiger partial charge in [-0.3, -0.25) is 4.79 Å². The van der Waals surface area contributed by atoms with E-state index in [1.165, 1.54) is 6.08 Å². The van der Waals surface area contributed by atoms with E-state index in [1.54, 1.807) is 57.4 Å². The lowest BCUT2D eigenvalue weighted by atomic mass is 10.1. The van der Waals surface area contributed by atoms with Gasteiger partial charge in [0.25, 0.3) is 0 Å². The molecule has 0 aromatic heterocycles. The molecule has 0 N–H and O–H groups in total. The van der Waals surface area contributed by atoms with Gasteiger partial charge in [0.15, 0.2) is 5.78 Å². The van der Waals surface area contributed by atoms with Crippen LogP contribution < -0.4 is 23.7 Å². The van der Waals surface area contributed by atoms with Crippen LogP contribution in [0, 0.1) is 0 Å². The summed E-state index contributed by atoms with van der Waals surface area (Å²) in [7, 11) is 4.69. The van der Waals surface area contributed by atoms with E-state index in [1.807, 2.05) is 13.0 Å². The highest BCUT2D eigenvalue weighted by Gasteiger charge is 2.20. The first-order valence-electron chi connectivity index (χ1n) is 9.70. The van der Waals surface area contributed by atoms with Crippen LogP contribution in [-0.2, 0) is 0 Å². The maximum absolute atomic E-state index is 13.1. The van der Waals surface area contributed by atoms with E-state index < -0.39 is 0 Å². The fourth-order valence-corrected chi connectivity index (χ4v) is 3.88. The predicted octanol–water partition coefficient (Wildman–Crippen LogP) is 4.88. The number of carbonyl (C=O) groups excluding carboxylic acids is 1. The number of rotatable bonds is 9. The smallest absolute Gasteiger partial charge is 0.189 e. The van der Waals surface area contributed by atoms with Crippen molar-refractivity contribution in [1.82, 2.24) is 0 Å². The standard InChI is InChI=1S/C23H26O6S/c1-5-8-28-21-14-23-22(29-9-10-30-23)13-17(21)18(24)7-6-16-19(26-3)11-15(25-2)12-20(16)27-4/h6-7,11-14H,5,8-10H2,1-4H3/b7-6+. The summed E-state index contributed by atoms with van der Waals surface area (Å²) >= 11 is 1.70. The number of thioether (sulfide) groups is 1. The molecule has 1 aliphatic rings. The molecule has 0 bridgehead atoms. The maximum Gasteiger partial charge on any atom is 0.189 e. The lowest BCUT2D eigenvalue weighted by molar-refractivity contribution is 0.104. The fourth-order valence-electron chi connectivity index (χ4n) is 3.04. The molecule has 0 spiro atoms. The summed E-state index contributed by atoms with van der Waals surface area (Å²) in [5.41, 5.74) is 1.11. The van der Waals surface area contributed by atoms with Crippen LogP contribution in [0.4, 0.5) is 0 Å². The highest BCUT2D eigenvalue weighted by Crippen LogP contribution is 2.39. The molecule has 2 aromatic rings. The van der Waals surface area contributed by atoms with E-state index in [0.29, 0.717) is 53.1 Å². The highest BCUT2D eigenvalue weighted by molar-refractivity contribution is 7.99. The number of hydrogen-bond donors (Lipinski definition) is 0. The zero-order valence-corrected chi connectivity index (χ0v) is 18.5. The van der Waals surface area contributed by atoms with E-state index in [4.69, 9.17) is 23.7 Å². The van der Waals surface area contributed by atoms with Crippen LogP contribution in [0.3, 0.4) is 0 Å². The Labute approximate surface area is 181 Å². The van der Waals surface area contributed by atoms with Crippen LogP contribution in [0.15, 0.2) is 35.2 Å². The Morgan fingerprint density at radius 2 is 1.80 bits per heavy atom. The SMILES string of the molecule is CCCOc1cc2c(cc1C(=O)/C=C/c1c(OC)cc(OC)cc1OC)OCCS2. The van der Waals surface area contributed by atoms with Crippen molar-refractivity contribution in [3.63, 3.8) is 0 Å². The van der Waals surface area contributed by atoms with Crippen molar-refractivity contribution in [2.24, 2.45) is 0 Å². The summed E-state index contributed by atoms with van der Waals surface area (Å²) in [5.74, 6) is 3.66. The number of carbonyl (C=O) groups is 1. The van der Waals surface area contributed by atoms with Crippen LogP contribution in [-0.4, -0.2) is 46.1 Å². The Morgan fingerprint density at radius 3 is 2.43 bits per heavy atom. The number of ketones is 1. The molecule has 1 aliphatic heterocycles. The minimum Gasteiger partial charge on any atom is -0.496 e. The van der Waals surface area contributed by atoms with Gasteiger partial charge in [0.1, 0.15) is 28.7 Å². The van der Waals surface area contributed by atoms with E-state index in [0.717, 1.165) is 17.1 Å². The second-order valence-corrected chi connectivity index (χ2v) is 7.62. The third-order valence-electron chi connectivity index (χ3n) is 4.53. The zero-order chi connectivity index (χ0) is 21.5. The molecule has 0 unspecified atom stereocenters. The number of ether oxygens (including phenoxy) is 5. The summed E-state index contributed by atoms with van der Waals surface area (Å²) in [6.07, 6.45) is 4.02. The van der Waals surface area contributed by atoms with Crippen molar-refractivity contribution in [3.8, 4) is 28.7 Å². The maximum atomic E-state index is 13.1. The minimum atomic E-state index is -0.192. The van der Waals surface area contributed by atoms with Gasteiger partial charge in [-0.05, 0) is 30.7 Å². The number of allylic oxidation sites excluding steroid dienone is 1. The molecule has 1 heterocycles. The lowest BCUT2D eigenvalue weighted by Crippen LogP contribution is -2.10. The van der Waals surface area contributed by atoms with E-state index in [2.05, 4.69) is 0 Å². The molecule has 3 rings (SSSR count). The topological polar surface area (TPSA) is 63.2 Å². The van der Waals surface area contributed by atoms with Crippen LogP contribution in [0.2, 0.25) is 0 Å². The lowest BCUT2D eigenvalue weighted by Gasteiger charge is -2.19. The minimum absolute atomic E-state index is 0.192. The van der Waals surface area contributed by atoms with Gasteiger partial charge in [-0.25, -0.2) is 0 Å². The summed E-state index contributed by atoms with van der Waals surface area (Å²) in [6.45, 7) is 3.19. The fraction of sp³-hybridized carbons (Fsp3) is 0.348. The average molecular weight is 431 g/mol. The molecular formula is C23H26O6S. The summed E-state index contributed by atoms with van der Waals surface area (Å²) in [6, 6.07) is 7.14. The van der Waals surface area contributed by atoms with Gasteiger partial charge in [0, 0.05) is 17.9 Å². The molecule has 7 heteroatoms. The molecule has 0 fully saturated rings. The van der Waals surface area contributed by atoms with Gasteiger partial charge >= 0.3 is 0 Å². The largest absolute Gasteiger partial charge is 0.496 e. The van der Waals surface area contributed by atoms with Crippen molar-refractivity contribution in [2.45, 2.75) is 18.2 Å². The molecule has 0 atom stereocenters. The molecule has 160 valence electrons. The Balaban J connectivity index is 1.96. The summed E-state index contributed by atoms with van der Waals surface area (Å²) in [5, 5.41) is 0. The second-order valence-electron chi connectivity index (χ2n) is 6.48. The van der Waals surface area contributed by atoms with Gasteiger partial charge in [-0.15, -0.1) is 11.8 Å².